The summed E-state index contributed by atoms with van der Waals surface area (Å²) in [6.45, 7) is 7.85. The molecule has 0 aromatic rings. The molecule has 0 fully saturated rings. The van der Waals surface area contributed by atoms with Crippen molar-refractivity contribution in [2.24, 2.45) is 0 Å². The molecule has 0 N–H and O–H groups in total. The van der Waals surface area contributed by atoms with E-state index in [9.17, 15) is 0 Å². The van der Waals surface area contributed by atoms with E-state index >= 15 is 0 Å². The number of hydrogen-bond acceptors (Lipinski definition) is 2. The van der Waals surface area contributed by atoms with Crippen LogP contribution < -0.4 is 0 Å². The van der Waals surface area contributed by atoms with Gasteiger partial charge in [-0.15, -0.1) is 11.6 Å². The Morgan fingerprint density at radius 1 is 1.17 bits per heavy atom. The summed E-state index contributed by atoms with van der Waals surface area (Å²) in [4.78, 5) is 2.44. The fourth-order valence-corrected chi connectivity index (χ4v) is 2.02. The molecule has 3 heteroatoms. The van der Waals surface area contributed by atoms with Crippen LogP contribution in [0.15, 0.2) is 0 Å². The molecule has 0 heterocycles. The normalized spacial score (nSPS) is 11.0. The summed E-state index contributed by atoms with van der Waals surface area (Å²) in [5.74, 6) is 3.23. The van der Waals surface area contributed by atoms with Crippen molar-refractivity contribution in [2.75, 3.05) is 37.0 Å². The third kappa shape index (κ3) is 7.26. The Labute approximate surface area is 85.8 Å². The second kappa shape index (κ2) is 9.69. The largest absolute Gasteiger partial charge is 0.301 e. The maximum absolute atomic E-state index is 5.70. The number of thioether (sulfide) groups is 1. The second-order valence-electron chi connectivity index (χ2n) is 2.73. The second-order valence-corrected chi connectivity index (χ2v) is 4.50. The molecule has 0 aliphatic rings. The Morgan fingerprint density at radius 2 is 1.92 bits per heavy atom. The molecule has 12 heavy (non-hydrogen) atoms. The summed E-state index contributed by atoms with van der Waals surface area (Å²) in [6, 6.07) is 0. The van der Waals surface area contributed by atoms with E-state index in [0.29, 0.717) is 0 Å². The van der Waals surface area contributed by atoms with Gasteiger partial charge < -0.3 is 4.90 Å². The van der Waals surface area contributed by atoms with Crippen LogP contribution in [0.25, 0.3) is 0 Å². The Morgan fingerprint density at radius 3 is 2.42 bits per heavy atom. The number of alkyl halides is 1. The van der Waals surface area contributed by atoms with Gasteiger partial charge in [-0.3, -0.25) is 0 Å². The van der Waals surface area contributed by atoms with Crippen LogP contribution in [0.1, 0.15) is 20.3 Å². The highest BCUT2D eigenvalue weighted by molar-refractivity contribution is 7.99. The third-order valence-electron chi connectivity index (χ3n) is 1.70. The lowest BCUT2D eigenvalue weighted by atomic mass is 10.4. The quantitative estimate of drug-likeness (QED) is 0.447. The highest BCUT2D eigenvalue weighted by Crippen LogP contribution is 2.00. The smallest absolute Gasteiger partial charge is 0.0351 e. The van der Waals surface area contributed by atoms with Gasteiger partial charge in [-0.2, -0.15) is 11.8 Å². The number of hydrogen-bond donors (Lipinski definition) is 0. The van der Waals surface area contributed by atoms with Crippen molar-refractivity contribution >= 4 is 23.4 Å². The summed E-state index contributed by atoms with van der Waals surface area (Å²) in [6.07, 6.45) is 1.23. The number of rotatable bonds is 8. The van der Waals surface area contributed by atoms with E-state index in [0.717, 1.165) is 12.4 Å². The van der Waals surface area contributed by atoms with Gasteiger partial charge in [0.1, 0.15) is 0 Å². The van der Waals surface area contributed by atoms with Crippen molar-refractivity contribution in [3.05, 3.63) is 0 Å². The van der Waals surface area contributed by atoms with Gasteiger partial charge in [0.2, 0.25) is 0 Å². The summed E-state index contributed by atoms with van der Waals surface area (Å²) >= 11 is 7.70. The maximum Gasteiger partial charge on any atom is 0.0351 e. The van der Waals surface area contributed by atoms with Crippen LogP contribution in [0.4, 0.5) is 0 Å². The van der Waals surface area contributed by atoms with E-state index in [1.54, 1.807) is 0 Å². The molecule has 0 aliphatic heterocycles. The molecular formula is C9H20ClNS. The van der Waals surface area contributed by atoms with E-state index in [2.05, 4.69) is 18.7 Å². The molecule has 0 atom stereocenters. The molecule has 0 spiro atoms. The van der Waals surface area contributed by atoms with Gasteiger partial charge in [-0.05, 0) is 18.7 Å². The molecule has 0 aliphatic carbocycles. The lowest BCUT2D eigenvalue weighted by molar-refractivity contribution is 0.309. The highest BCUT2D eigenvalue weighted by atomic mass is 35.5. The predicted octanol–water partition coefficient (Wildman–Crippen LogP) is 2.69. The molecule has 0 radical (unpaired) electrons. The Bertz CT molecular complexity index is 84.6. The molecule has 1 nitrogen and oxygen atoms in total. The molecule has 74 valence electrons. The van der Waals surface area contributed by atoms with E-state index in [1.807, 2.05) is 11.8 Å². The first-order valence-corrected chi connectivity index (χ1v) is 6.40. The minimum Gasteiger partial charge on any atom is -0.301 e. The van der Waals surface area contributed by atoms with Gasteiger partial charge in [-0.1, -0.05) is 13.8 Å². The molecule has 0 amide bonds. The average Bonchev–Trinajstić information content (AvgIpc) is 2.06. The topological polar surface area (TPSA) is 3.24 Å². The Balaban J connectivity index is 3.34. The first kappa shape index (κ1) is 12.6. The van der Waals surface area contributed by atoms with Crippen LogP contribution in [0.2, 0.25) is 0 Å². The van der Waals surface area contributed by atoms with Crippen LogP contribution >= 0.6 is 23.4 Å². The highest BCUT2D eigenvalue weighted by Gasteiger charge is 2.01. The van der Waals surface area contributed by atoms with Gasteiger partial charge >= 0.3 is 0 Å². The Hall–Kier alpha value is 0.600. The lowest BCUT2D eigenvalue weighted by Crippen LogP contribution is -2.29. The van der Waals surface area contributed by atoms with Crippen LogP contribution in [0, 0.1) is 0 Å². The molecule has 0 aromatic carbocycles. The number of nitrogens with zero attached hydrogens (tertiary/aromatic N) is 1. The average molecular weight is 210 g/mol. The standard InChI is InChI=1S/C9H20ClNS/c1-3-6-11(7-5-10)8-9-12-4-2/h3-9H2,1-2H3. The van der Waals surface area contributed by atoms with Gasteiger partial charge in [-0.25, -0.2) is 0 Å². The van der Waals surface area contributed by atoms with Crippen LogP contribution in [-0.4, -0.2) is 41.9 Å². The van der Waals surface area contributed by atoms with Crippen molar-refractivity contribution in [3.8, 4) is 0 Å². The van der Waals surface area contributed by atoms with E-state index in [1.165, 1.54) is 31.0 Å². The van der Waals surface area contributed by atoms with Crippen LogP contribution in [0.3, 0.4) is 0 Å². The summed E-state index contributed by atoms with van der Waals surface area (Å²) in [5, 5.41) is 0. The molecule has 0 saturated heterocycles. The molecule has 0 aromatic heterocycles. The van der Waals surface area contributed by atoms with E-state index in [-0.39, 0.29) is 0 Å². The van der Waals surface area contributed by atoms with Crippen molar-refractivity contribution in [3.63, 3.8) is 0 Å². The van der Waals surface area contributed by atoms with Crippen molar-refractivity contribution in [1.82, 2.24) is 4.90 Å². The SMILES string of the molecule is CCCN(CCCl)CCSCC. The van der Waals surface area contributed by atoms with Crippen LogP contribution in [-0.2, 0) is 0 Å². The Kier molecular flexibility index (Phi) is 10.2. The van der Waals surface area contributed by atoms with Crippen LogP contribution in [0.5, 0.6) is 0 Å². The van der Waals surface area contributed by atoms with Gasteiger partial charge in [0.05, 0.1) is 0 Å². The summed E-state index contributed by atoms with van der Waals surface area (Å²) in [5.41, 5.74) is 0. The molecule has 0 saturated carbocycles. The third-order valence-corrected chi connectivity index (χ3v) is 2.75. The van der Waals surface area contributed by atoms with E-state index < -0.39 is 0 Å². The zero-order chi connectivity index (χ0) is 9.23. The van der Waals surface area contributed by atoms with Crippen molar-refractivity contribution in [1.29, 1.82) is 0 Å². The maximum atomic E-state index is 5.70. The fourth-order valence-electron chi connectivity index (χ4n) is 1.11. The predicted molar refractivity (Wildman–Crippen MR) is 60.5 cm³/mol. The molecular weight excluding hydrogens is 190 g/mol. The summed E-state index contributed by atoms with van der Waals surface area (Å²) in [7, 11) is 0. The van der Waals surface area contributed by atoms with Gasteiger partial charge in [0.25, 0.3) is 0 Å². The fraction of sp³-hybridized carbons (Fsp3) is 1.00. The zero-order valence-corrected chi connectivity index (χ0v) is 9.76. The van der Waals surface area contributed by atoms with Crippen molar-refractivity contribution < 1.29 is 0 Å². The minimum absolute atomic E-state index is 0.761. The molecule has 0 bridgehead atoms. The lowest BCUT2D eigenvalue weighted by Gasteiger charge is -2.19. The monoisotopic (exact) mass is 209 g/mol. The van der Waals surface area contributed by atoms with Gasteiger partial charge in [0.15, 0.2) is 0 Å². The number of halogens is 1. The zero-order valence-electron chi connectivity index (χ0n) is 8.18. The minimum atomic E-state index is 0.761. The first-order valence-electron chi connectivity index (χ1n) is 4.71. The summed E-state index contributed by atoms with van der Waals surface area (Å²) < 4.78 is 0. The van der Waals surface area contributed by atoms with Crippen molar-refractivity contribution in [2.45, 2.75) is 20.3 Å². The molecule has 0 unspecified atom stereocenters. The first-order chi connectivity index (χ1) is 5.85. The van der Waals surface area contributed by atoms with Gasteiger partial charge in [0, 0.05) is 24.7 Å². The molecule has 0 rings (SSSR count). The van der Waals surface area contributed by atoms with E-state index in [4.69, 9.17) is 11.6 Å².